The molecule has 3 nitrogen and oxygen atoms in total. The fraction of sp³-hybridized carbons (Fsp3) is 0.800. The van der Waals surface area contributed by atoms with Crippen molar-refractivity contribution in [2.75, 3.05) is 11.4 Å². The second-order valence-electron chi connectivity index (χ2n) is 5.70. The third-order valence-electron chi connectivity index (χ3n) is 4.01. The second-order valence-corrected chi connectivity index (χ2v) is 6.76. The van der Waals surface area contributed by atoms with Crippen molar-refractivity contribution in [3.8, 4) is 0 Å². The predicted octanol–water partition coefficient (Wildman–Crippen LogP) is 3.92. The largest absolute Gasteiger partial charge is 0.391 e. The third kappa shape index (κ3) is 3.29. The van der Waals surface area contributed by atoms with Crippen molar-refractivity contribution in [3.63, 3.8) is 0 Å². The Morgan fingerprint density at radius 2 is 2.00 bits per heavy atom. The van der Waals surface area contributed by atoms with E-state index in [2.05, 4.69) is 25.7 Å². The molecule has 1 aliphatic carbocycles. The van der Waals surface area contributed by atoms with Gasteiger partial charge in [-0.25, -0.2) is 4.98 Å². The zero-order valence-corrected chi connectivity index (χ0v) is 13.2. The molecule has 108 valence electrons. The number of aromatic nitrogens is 1. The molecule has 2 rings (SSSR count). The Labute approximate surface area is 120 Å². The molecule has 0 atom stereocenters. The van der Waals surface area contributed by atoms with Gasteiger partial charge in [0.15, 0.2) is 5.13 Å². The van der Waals surface area contributed by atoms with Crippen LogP contribution in [0.4, 0.5) is 5.13 Å². The number of aliphatic hydroxyl groups is 1. The minimum atomic E-state index is 0.118. The summed E-state index contributed by atoms with van der Waals surface area (Å²) in [5.74, 6) is 0.386. The van der Waals surface area contributed by atoms with Crippen molar-refractivity contribution >= 4 is 16.5 Å². The minimum absolute atomic E-state index is 0.118. The van der Waals surface area contributed by atoms with Crippen LogP contribution in [0, 0.1) is 0 Å². The Morgan fingerprint density at radius 3 is 2.47 bits per heavy atom. The van der Waals surface area contributed by atoms with Gasteiger partial charge in [0.2, 0.25) is 0 Å². The summed E-state index contributed by atoms with van der Waals surface area (Å²) < 4.78 is 0. The fourth-order valence-corrected chi connectivity index (χ4v) is 4.19. The molecule has 0 spiro atoms. The quantitative estimate of drug-likeness (QED) is 0.889. The van der Waals surface area contributed by atoms with E-state index in [0.29, 0.717) is 12.0 Å². The Balaban J connectivity index is 2.22. The molecular formula is C15H26N2OS. The number of rotatable bonds is 5. The number of aliphatic hydroxyl groups excluding tert-OH is 1. The summed E-state index contributed by atoms with van der Waals surface area (Å²) in [6, 6.07) is 0.649. The molecular weight excluding hydrogens is 256 g/mol. The zero-order valence-electron chi connectivity index (χ0n) is 12.4. The summed E-state index contributed by atoms with van der Waals surface area (Å²) in [5, 5.41) is 10.6. The fourth-order valence-electron chi connectivity index (χ4n) is 2.98. The van der Waals surface area contributed by atoms with Gasteiger partial charge >= 0.3 is 0 Å². The van der Waals surface area contributed by atoms with Gasteiger partial charge in [0.1, 0.15) is 0 Å². The first-order valence-electron chi connectivity index (χ1n) is 7.54. The van der Waals surface area contributed by atoms with E-state index in [4.69, 9.17) is 4.98 Å². The van der Waals surface area contributed by atoms with Crippen molar-refractivity contribution in [2.24, 2.45) is 0 Å². The molecule has 1 fully saturated rings. The van der Waals surface area contributed by atoms with E-state index in [1.54, 1.807) is 11.3 Å². The van der Waals surface area contributed by atoms with Crippen LogP contribution in [0.25, 0.3) is 0 Å². The highest BCUT2D eigenvalue weighted by molar-refractivity contribution is 7.15. The monoisotopic (exact) mass is 282 g/mol. The van der Waals surface area contributed by atoms with Crippen LogP contribution in [0.2, 0.25) is 0 Å². The first kappa shape index (κ1) is 14.8. The molecule has 1 aromatic heterocycles. The molecule has 0 radical (unpaired) electrons. The lowest BCUT2D eigenvalue weighted by molar-refractivity contribution is 0.283. The average molecular weight is 282 g/mol. The maximum Gasteiger partial charge on any atom is 0.186 e. The summed E-state index contributed by atoms with van der Waals surface area (Å²) in [5.41, 5.74) is 1.08. The standard InChI is InChI=1S/C15H26N2OS/c1-4-17(12-8-6-5-7-9-12)15-16-14(11(2)3)13(10-18)19-15/h11-12,18H,4-10H2,1-3H3. The molecule has 0 saturated heterocycles. The first-order chi connectivity index (χ1) is 9.17. The highest BCUT2D eigenvalue weighted by atomic mass is 32.1. The number of hydrogen-bond acceptors (Lipinski definition) is 4. The van der Waals surface area contributed by atoms with Crippen LogP contribution in [0.15, 0.2) is 0 Å². The van der Waals surface area contributed by atoms with Gasteiger partial charge in [-0.2, -0.15) is 0 Å². The zero-order chi connectivity index (χ0) is 13.8. The molecule has 1 heterocycles. The lowest BCUT2D eigenvalue weighted by Crippen LogP contribution is -2.36. The van der Waals surface area contributed by atoms with Gasteiger partial charge in [0.25, 0.3) is 0 Å². The number of nitrogens with zero attached hydrogens (tertiary/aromatic N) is 2. The maximum atomic E-state index is 9.50. The summed E-state index contributed by atoms with van der Waals surface area (Å²) in [6.07, 6.45) is 6.65. The van der Waals surface area contributed by atoms with E-state index in [9.17, 15) is 5.11 Å². The maximum absolute atomic E-state index is 9.50. The van der Waals surface area contributed by atoms with Crippen molar-refractivity contribution in [3.05, 3.63) is 10.6 Å². The number of thiazole rings is 1. The van der Waals surface area contributed by atoms with E-state index < -0.39 is 0 Å². The van der Waals surface area contributed by atoms with Crippen LogP contribution in [-0.2, 0) is 6.61 Å². The van der Waals surface area contributed by atoms with Crippen LogP contribution in [0.1, 0.15) is 69.4 Å². The molecule has 0 amide bonds. The molecule has 0 unspecified atom stereocenters. The summed E-state index contributed by atoms with van der Waals surface area (Å²) in [4.78, 5) is 8.31. The molecule has 1 N–H and O–H groups in total. The Morgan fingerprint density at radius 1 is 1.32 bits per heavy atom. The van der Waals surface area contributed by atoms with Crippen molar-refractivity contribution in [1.82, 2.24) is 4.98 Å². The van der Waals surface area contributed by atoms with Crippen LogP contribution in [-0.4, -0.2) is 22.7 Å². The smallest absolute Gasteiger partial charge is 0.186 e. The van der Waals surface area contributed by atoms with Crippen molar-refractivity contribution in [2.45, 2.75) is 71.4 Å². The van der Waals surface area contributed by atoms with E-state index in [-0.39, 0.29) is 6.61 Å². The van der Waals surface area contributed by atoms with Crippen molar-refractivity contribution < 1.29 is 5.11 Å². The van der Waals surface area contributed by atoms with Gasteiger partial charge in [-0.3, -0.25) is 0 Å². The summed E-state index contributed by atoms with van der Waals surface area (Å²) in [6.45, 7) is 7.64. The Hall–Kier alpha value is -0.610. The van der Waals surface area contributed by atoms with Gasteiger partial charge in [-0.1, -0.05) is 44.4 Å². The molecule has 4 heteroatoms. The normalized spacial score (nSPS) is 17.1. The van der Waals surface area contributed by atoms with Crippen molar-refractivity contribution in [1.29, 1.82) is 0 Å². The van der Waals surface area contributed by atoms with Gasteiger partial charge in [-0.05, 0) is 25.7 Å². The van der Waals surface area contributed by atoms with Crippen LogP contribution in [0.3, 0.4) is 0 Å². The summed E-state index contributed by atoms with van der Waals surface area (Å²) in [7, 11) is 0. The average Bonchev–Trinajstić information content (AvgIpc) is 2.85. The van der Waals surface area contributed by atoms with Gasteiger partial charge < -0.3 is 10.0 Å². The minimum Gasteiger partial charge on any atom is -0.391 e. The van der Waals surface area contributed by atoms with Gasteiger partial charge in [0.05, 0.1) is 17.2 Å². The van der Waals surface area contributed by atoms with Gasteiger partial charge in [-0.15, -0.1) is 0 Å². The lowest BCUT2D eigenvalue weighted by Gasteiger charge is -2.33. The molecule has 1 saturated carbocycles. The Bertz CT molecular complexity index is 397. The first-order valence-corrected chi connectivity index (χ1v) is 8.36. The predicted molar refractivity (Wildman–Crippen MR) is 82.0 cm³/mol. The topological polar surface area (TPSA) is 36.4 Å². The van der Waals surface area contributed by atoms with E-state index in [1.807, 2.05) is 0 Å². The van der Waals surface area contributed by atoms with E-state index in [1.165, 1.54) is 32.1 Å². The van der Waals surface area contributed by atoms with Crippen LogP contribution >= 0.6 is 11.3 Å². The molecule has 1 aromatic rings. The summed E-state index contributed by atoms with van der Waals surface area (Å²) >= 11 is 1.68. The number of hydrogen-bond donors (Lipinski definition) is 1. The second kappa shape index (κ2) is 6.71. The highest BCUT2D eigenvalue weighted by Gasteiger charge is 2.24. The van der Waals surface area contributed by atoms with Crippen LogP contribution in [0.5, 0.6) is 0 Å². The molecule has 0 bridgehead atoms. The van der Waals surface area contributed by atoms with E-state index in [0.717, 1.165) is 22.2 Å². The number of anilines is 1. The Kier molecular flexibility index (Phi) is 5.22. The van der Waals surface area contributed by atoms with E-state index >= 15 is 0 Å². The van der Waals surface area contributed by atoms with Gasteiger partial charge in [0, 0.05) is 12.6 Å². The van der Waals surface area contributed by atoms with Crippen LogP contribution < -0.4 is 4.90 Å². The molecule has 1 aliphatic rings. The highest BCUT2D eigenvalue weighted by Crippen LogP contribution is 2.34. The molecule has 0 aromatic carbocycles. The third-order valence-corrected chi connectivity index (χ3v) is 5.10. The lowest BCUT2D eigenvalue weighted by atomic mass is 9.94. The molecule has 0 aliphatic heterocycles. The molecule has 19 heavy (non-hydrogen) atoms. The SMILES string of the molecule is CCN(c1nc(C(C)C)c(CO)s1)C1CCCCC1.